The molecule has 1 N–H and O–H groups in total. The molecular formula is C26H28ClN3O2S. The molecule has 7 heteroatoms. The zero-order chi connectivity index (χ0) is 23.0. The van der Waals surface area contributed by atoms with E-state index in [2.05, 4.69) is 10.3 Å². The molecule has 0 spiro atoms. The highest BCUT2D eigenvalue weighted by molar-refractivity contribution is 7.10. The molecule has 1 atom stereocenters. The Bertz CT molecular complexity index is 1050. The molecule has 2 aromatic heterocycles. The standard InChI is InChI=1S/C26H28ClN3O2S/c27-22-13-5-4-9-19(22)18-30(24(31)17-21-12-8-16-33-21)25(23-14-6-7-15-28-23)26(32)29-20-10-2-1-3-11-20/h4-9,12-16,20,25H,1-3,10-11,17-18H2,(H,29,32)/t25-/m1/s1. The maximum atomic E-state index is 13.7. The van der Waals surface area contributed by atoms with Crippen molar-refractivity contribution in [2.75, 3.05) is 0 Å². The van der Waals surface area contributed by atoms with Crippen molar-refractivity contribution in [3.05, 3.63) is 87.3 Å². The minimum Gasteiger partial charge on any atom is -0.351 e. The van der Waals surface area contributed by atoms with Gasteiger partial charge < -0.3 is 10.2 Å². The lowest BCUT2D eigenvalue weighted by molar-refractivity contribution is -0.141. The number of nitrogens with one attached hydrogen (secondary N) is 1. The number of rotatable bonds is 8. The molecule has 0 bridgehead atoms. The van der Waals surface area contributed by atoms with Gasteiger partial charge in [-0.25, -0.2) is 0 Å². The van der Waals surface area contributed by atoms with Crippen molar-refractivity contribution in [1.82, 2.24) is 15.2 Å². The predicted molar refractivity (Wildman–Crippen MR) is 132 cm³/mol. The largest absolute Gasteiger partial charge is 0.351 e. The van der Waals surface area contributed by atoms with E-state index >= 15 is 0 Å². The minimum absolute atomic E-state index is 0.132. The fourth-order valence-corrected chi connectivity index (χ4v) is 5.19. The summed E-state index contributed by atoms with van der Waals surface area (Å²) < 4.78 is 0. The summed E-state index contributed by atoms with van der Waals surface area (Å²) in [5, 5.41) is 5.73. The van der Waals surface area contributed by atoms with Gasteiger partial charge in [0, 0.05) is 28.7 Å². The number of pyridine rings is 1. The normalized spacial score (nSPS) is 15.1. The van der Waals surface area contributed by atoms with Gasteiger partial charge in [-0.15, -0.1) is 11.3 Å². The lowest BCUT2D eigenvalue weighted by atomic mass is 9.95. The molecule has 0 unspecified atom stereocenters. The number of carbonyl (C=O) groups excluding carboxylic acids is 2. The molecule has 0 saturated heterocycles. The molecule has 172 valence electrons. The molecule has 1 aliphatic carbocycles. The van der Waals surface area contributed by atoms with Crippen LogP contribution >= 0.6 is 22.9 Å². The van der Waals surface area contributed by atoms with E-state index in [4.69, 9.17) is 11.6 Å². The smallest absolute Gasteiger partial charge is 0.249 e. The summed E-state index contributed by atoms with van der Waals surface area (Å²) in [6.45, 7) is 0.225. The summed E-state index contributed by atoms with van der Waals surface area (Å²) in [6, 6.07) is 16.1. The summed E-state index contributed by atoms with van der Waals surface area (Å²) in [5.74, 6) is -0.320. The molecule has 1 saturated carbocycles. The minimum atomic E-state index is -0.836. The van der Waals surface area contributed by atoms with Gasteiger partial charge in [0.25, 0.3) is 0 Å². The molecule has 3 aromatic rings. The molecule has 33 heavy (non-hydrogen) atoms. The SMILES string of the molecule is O=C(NC1CCCCC1)[C@@H](c1ccccn1)N(Cc1ccccc1Cl)C(=O)Cc1cccs1. The summed E-state index contributed by atoms with van der Waals surface area (Å²) in [7, 11) is 0. The third-order valence-electron chi connectivity index (χ3n) is 6.00. The summed E-state index contributed by atoms with van der Waals surface area (Å²) in [4.78, 5) is 34.3. The number of aromatic nitrogens is 1. The molecule has 5 nitrogen and oxygen atoms in total. The Morgan fingerprint density at radius 2 is 1.85 bits per heavy atom. The van der Waals surface area contributed by atoms with Crippen molar-refractivity contribution in [2.24, 2.45) is 0 Å². The number of hydrogen-bond donors (Lipinski definition) is 1. The van der Waals surface area contributed by atoms with E-state index in [9.17, 15) is 9.59 Å². The van der Waals surface area contributed by atoms with Gasteiger partial charge in [0.1, 0.15) is 0 Å². The molecule has 1 aromatic carbocycles. The first-order valence-electron chi connectivity index (χ1n) is 11.4. The van der Waals surface area contributed by atoms with Gasteiger partial charge in [0.15, 0.2) is 6.04 Å². The Kier molecular flexibility index (Phi) is 8.13. The van der Waals surface area contributed by atoms with E-state index in [1.165, 1.54) is 17.8 Å². The van der Waals surface area contributed by atoms with Gasteiger partial charge in [-0.1, -0.05) is 61.2 Å². The number of carbonyl (C=O) groups is 2. The van der Waals surface area contributed by atoms with Crippen LogP contribution in [0.1, 0.15) is 54.3 Å². The maximum absolute atomic E-state index is 13.7. The van der Waals surface area contributed by atoms with Crippen LogP contribution in [0.5, 0.6) is 0 Å². The molecule has 1 fully saturated rings. The first kappa shape index (κ1) is 23.5. The van der Waals surface area contributed by atoms with Gasteiger partial charge in [-0.3, -0.25) is 14.6 Å². The summed E-state index contributed by atoms with van der Waals surface area (Å²) in [6.07, 6.45) is 7.24. The second-order valence-corrected chi connectivity index (χ2v) is 9.81. The third kappa shape index (κ3) is 6.21. The van der Waals surface area contributed by atoms with E-state index in [1.807, 2.05) is 53.9 Å². The Hall–Kier alpha value is -2.70. The number of benzene rings is 1. The average Bonchev–Trinajstić information content (AvgIpc) is 3.34. The molecule has 4 rings (SSSR count). The Labute approximate surface area is 203 Å². The molecule has 0 radical (unpaired) electrons. The van der Waals surface area contributed by atoms with Crippen molar-refractivity contribution >= 4 is 34.8 Å². The summed E-state index contributed by atoms with van der Waals surface area (Å²) >= 11 is 7.98. The predicted octanol–water partition coefficient (Wildman–Crippen LogP) is 5.56. The molecule has 2 heterocycles. The third-order valence-corrected chi connectivity index (χ3v) is 7.25. The second kappa shape index (κ2) is 11.4. The second-order valence-electron chi connectivity index (χ2n) is 8.37. The molecule has 0 aliphatic heterocycles. The number of thiophene rings is 1. The number of halogens is 1. The Morgan fingerprint density at radius 3 is 2.55 bits per heavy atom. The van der Waals surface area contributed by atoms with Crippen molar-refractivity contribution in [1.29, 1.82) is 0 Å². The lowest BCUT2D eigenvalue weighted by Crippen LogP contribution is -2.47. The van der Waals surface area contributed by atoms with Crippen molar-refractivity contribution in [3.8, 4) is 0 Å². The van der Waals surface area contributed by atoms with Crippen molar-refractivity contribution in [2.45, 2.75) is 57.2 Å². The average molecular weight is 482 g/mol. The van der Waals surface area contributed by atoms with Gasteiger partial charge in [-0.05, 0) is 48.1 Å². The number of amides is 2. The highest BCUT2D eigenvalue weighted by Crippen LogP contribution is 2.27. The number of hydrogen-bond acceptors (Lipinski definition) is 4. The van der Waals surface area contributed by atoms with Crippen molar-refractivity contribution < 1.29 is 9.59 Å². The quantitative estimate of drug-likeness (QED) is 0.458. The van der Waals surface area contributed by atoms with E-state index in [1.54, 1.807) is 17.2 Å². The topological polar surface area (TPSA) is 62.3 Å². The van der Waals surface area contributed by atoms with E-state index in [-0.39, 0.29) is 30.8 Å². The fourth-order valence-electron chi connectivity index (χ4n) is 4.30. The van der Waals surface area contributed by atoms with E-state index < -0.39 is 6.04 Å². The zero-order valence-corrected chi connectivity index (χ0v) is 20.0. The van der Waals surface area contributed by atoms with Crippen LogP contribution in [0.25, 0.3) is 0 Å². The highest BCUT2D eigenvalue weighted by atomic mass is 35.5. The Morgan fingerprint density at radius 1 is 1.06 bits per heavy atom. The van der Waals surface area contributed by atoms with Crippen LogP contribution in [0.3, 0.4) is 0 Å². The maximum Gasteiger partial charge on any atom is 0.249 e. The van der Waals surface area contributed by atoms with Crippen molar-refractivity contribution in [3.63, 3.8) is 0 Å². The van der Waals surface area contributed by atoms with Gasteiger partial charge in [0.05, 0.1) is 12.1 Å². The first-order chi connectivity index (χ1) is 16.1. The van der Waals surface area contributed by atoms with Crippen LogP contribution < -0.4 is 5.32 Å². The monoisotopic (exact) mass is 481 g/mol. The van der Waals surface area contributed by atoms with E-state index in [0.29, 0.717) is 10.7 Å². The molecule has 1 aliphatic rings. The molecule has 2 amide bonds. The highest BCUT2D eigenvalue weighted by Gasteiger charge is 2.34. The van der Waals surface area contributed by atoms with Crippen LogP contribution in [0.15, 0.2) is 66.2 Å². The number of nitrogens with zero attached hydrogens (tertiary/aromatic N) is 2. The first-order valence-corrected chi connectivity index (χ1v) is 12.6. The van der Waals surface area contributed by atoms with Gasteiger partial charge in [-0.2, -0.15) is 0 Å². The van der Waals surface area contributed by atoms with Crippen LogP contribution in [-0.4, -0.2) is 27.7 Å². The van der Waals surface area contributed by atoms with E-state index in [0.717, 1.165) is 36.1 Å². The zero-order valence-electron chi connectivity index (χ0n) is 18.5. The van der Waals surface area contributed by atoms with Crippen LogP contribution in [0.2, 0.25) is 5.02 Å². The fraction of sp³-hybridized carbons (Fsp3) is 0.346. The van der Waals surface area contributed by atoms with Crippen LogP contribution in [-0.2, 0) is 22.6 Å². The van der Waals surface area contributed by atoms with Gasteiger partial charge >= 0.3 is 0 Å². The van der Waals surface area contributed by atoms with Crippen LogP contribution in [0, 0.1) is 0 Å². The summed E-state index contributed by atoms with van der Waals surface area (Å²) in [5.41, 5.74) is 1.35. The Balaban J connectivity index is 1.68. The lowest BCUT2D eigenvalue weighted by Gasteiger charge is -2.33. The van der Waals surface area contributed by atoms with Gasteiger partial charge in [0.2, 0.25) is 11.8 Å². The van der Waals surface area contributed by atoms with Crippen LogP contribution in [0.4, 0.5) is 0 Å². The molecular weight excluding hydrogens is 454 g/mol.